The van der Waals surface area contributed by atoms with Crippen LogP contribution in [0, 0.1) is 29.1 Å². The fourth-order valence-electron chi connectivity index (χ4n) is 5.70. The average Bonchev–Trinajstić information content (AvgIpc) is 2.97. The molecule has 0 bridgehead atoms. The molecular formula is C36H67BrN2O2. The van der Waals surface area contributed by atoms with Crippen LogP contribution in [0.3, 0.4) is 0 Å². The second-order valence-corrected chi connectivity index (χ2v) is 12.9. The van der Waals surface area contributed by atoms with Gasteiger partial charge in [-0.2, -0.15) is 0 Å². The summed E-state index contributed by atoms with van der Waals surface area (Å²) in [6.45, 7) is 31.1. The maximum atomic E-state index is 13.0. The highest BCUT2D eigenvalue weighted by molar-refractivity contribution is 9.11. The van der Waals surface area contributed by atoms with Crippen molar-refractivity contribution < 1.29 is 9.90 Å². The molecule has 240 valence electrons. The van der Waals surface area contributed by atoms with Crippen LogP contribution in [-0.4, -0.2) is 48.2 Å². The van der Waals surface area contributed by atoms with Crippen molar-refractivity contribution in [3.05, 3.63) is 47.5 Å². The lowest BCUT2D eigenvalue weighted by Gasteiger charge is -2.39. The summed E-state index contributed by atoms with van der Waals surface area (Å²) in [6.07, 6.45) is 15.6. The van der Waals surface area contributed by atoms with Crippen molar-refractivity contribution in [3.63, 3.8) is 0 Å². The number of aliphatic hydroxyl groups is 1. The Bertz CT molecular complexity index is 766. The lowest BCUT2D eigenvalue weighted by Crippen LogP contribution is -2.46. The highest BCUT2D eigenvalue weighted by Gasteiger charge is 2.34. The second kappa shape index (κ2) is 24.3. The smallest absolute Gasteiger partial charge is 0.236 e. The van der Waals surface area contributed by atoms with Crippen molar-refractivity contribution in [2.75, 3.05) is 26.2 Å². The van der Waals surface area contributed by atoms with Crippen LogP contribution >= 0.6 is 15.9 Å². The van der Waals surface area contributed by atoms with E-state index in [9.17, 15) is 9.90 Å². The van der Waals surface area contributed by atoms with Crippen molar-refractivity contribution in [1.82, 2.24) is 10.2 Å². The highest BCUT2D eigenvalue weighted by atomic mass is 79.9. The first-order valence-electron chi connectivity index (χ1n) is 16.4. The van der Waals surface area contributed by atoms with E-state index in [4.69, 9.17) is 0 Å². The van der Waals surface area contributed by atoms with Crippen LogP contribution in [0.5, 0.6) is 0 Å². The highest BCUT2D eigenvalue weighted by Crippen LogP contribution is 2.40. The SMILES string of the molecule is C=C/C=C(Br)\C=C(/C)C(CC1CCN(C(=O)CNC(C)C(CC)CCC(C)CC=C)CC1)C(C)(C)CO.CC.CC. The van der Waals surface area contributed by atoms with Crippen molar-refractivity contribution >= 4 is 21.8 Å². The van der Waals surface area contributed by atoms with Gasteiger partial charge in [0.2, 0.25) is 5.91 Å². The average molecular weight is 640 g/mol. The number of amides is 1. The minimum atomic E-state index is -0.200. The molecule has 0 saturated carbocycles. The molecule has 0 aromatic rings. The molecule has 0 spiro atoms. The monoisotopic (exact) mass is 638 g/mol. The van der Waals surface area contributed by atoms with Crippen LogP contribution in [-0.2, 0) is 4.79 Å². The Labute approximate surface area is 264 Å². The number of nitrogens with zero attached hydrogens (tertiary/aromatic N) is 1. The number of rotatable bonds is 17. The fraction of sp³-hybridized carbons (Fsp3) is 0.750. The number of carbonyl (C=O) groups excluding carboxylic acids is 1. The quantitative estimate of drug-likeness (QED) is 0.123. The maximum absolute atomic E-state index is 13.0. The summed E-state index contributed by atoms with van der Waals surface area (Å²) in [5, 5.41) is 13.6. The molecule has 5 heteroatoms. The Hall–Kier alpha value is -1.17. The van der Waals surface area contributed by atoms with E-state index in [1.54, 1.807) is 6.08 Å². The van der Waals surface area contributed by atoms with Gasteiger partial charge in [0.15, 0.2) is 0 Å². The van der Waals surface area contributed by atoms with Crippen molar-refractivity contribution in [2.24, 2.45) is 29.1 Å². The van der Waals surface area contributed by atoms with Crippen molar-refractivity contribution in [1.29, 1.82) is 0 Å². The Morgan fingerprint density at radius 1 is 1.12 bits per heavy atom. The number of nitrogens with one attached hydrogen (secondary N) is 1. The zero-order valence-electron chi connectivity index (χ0n) is 28.6. The fourth-order valence-corrected chi connectivity index (χ4v) is 6.25. The molecule has 1 aliphatic rings. The van der Waals surface area contributed by atoms with Gasteiger partial charge in [0.1, 0.15) is 0 Å². The van der Waals surface area contributed by atoms with E-state index in [2.05, 4.69) is 82.0 Å². The number of hydrogen-bond donors (Lipinski definition) is 2. The molecule has 1 fully saturated rings. The van der Waals surface area contributed by atoms with E-state index < -0.39 is 0 Å². The molecule has 0 aromatic carbocycles. The molecule has 1 saturated heterocycles. The molecule has 1 aliphatic heterocycles. The zero-order chi connectivity index (χ0) is 32.0. The van der Waals surface area contributed by atoms with Crippen LogP contribution in [0.15, 0.2) is 47.5 Å². The first-order chi connectivity index (χ1) is 19.5. The summed E-state index contributed by atoms with van der Waals surface area (Å²) < 4.78 is 0.998. The largest absolute Gasteiger partial charge is 0.396 e. The molecule has 0 radical (unpaired) electrons. The van der Waals surface area contributed by atoms with Crippen LogP contribution in [0.1, 0.15) is 114 Å². The standard InChI is InChI=1S/C32H55BrN2O2.2C2H6/c1-9-12-24(4)14-15-28(11-3)26(6)34-22-31(37)35-18-16-27(17-19-35)21-30(32(7,8)23-36)25(5)20-29(33)13-10-2;2*1-2/h9-10,13,20,24,26-28,30,34,36H,1-2,11-12,14-19,21-23H2,3-8H3;2*1-2H3/b25-20+,29-13+;;. The van der Waals surface area contributed by atoms with Gasteiger partial charge in [-0.25, -0.2) is 0 Å². The van der Waals surface area contributed by atoms with Gasteiger partial charge >= 0.3 is 0 Å². The molecular weight excluding hydrogens is 572 g/mol. The van der Waals surface area contributed by atoms with Crippen LogP contribution in [0.25, 0.3) is 0 Å². The molecule has 41 heavy (non-hydrogen) atoms. The van der Waals surface area contributed by atoms with Crippen molar-refractivity contribution in [2.45, 2.75) is 120 Å². The third-order valence-corrected chi connectivity index (χ3v) is 8.98. The Morgan fingerprint density at radius 3 is 2.20 bits per heavy atom. The summed E-state index contributed by atoms with van der Waals surface area (Å²) in [5.74, 6) is 2.32. The van der Waals surface area contributed by atoms with Gasteiger partial charge in [-0.15, -0.1) is 6.58 Å². The lowest BCUT2D eigenvalue weighted by molar-refractivity contribution is -0.131. The van der Waals surface area contributed by atoms with Gasteiger partial charge in [-0.1, -0.05) is 108 Å². The Morgan fingerprint density at radius 2 is 1.71 bits per heavy atom. The van der Waals surface area contributed by atoms with E-state index in [0.717, 1.165) is 49.7 Å². The molecule has 1 amide bonds. The summed E-state index contributed by atoms with van der Waals surface area (Å²) in [4.78, 5) is 15.0. The molecule has 4 unspecified atom stereocenters. The minimum Gasteiger partial charge on any atom is -0.396 e. The van der Waals surface area contributed by atoms with Gasteiger partial charge in [-0.3, -0.25) is 4.79 Å². The Balaban J connectivity index is 0. The van der Waals surface area contributed by atoms with E-state index >= 15 is 0 Å². The summed E-state index contributed by atoms with van der Waals surface area (Å²) >= 11 is 3.60. The first kappa shape index (κ1) is 42.0. The van der Waals surface area contributed by atoms with Gasteiger partial charge in [0, 0.05) is 30.2 Å². The van der Waals surface area contributed by atoms with Gasteiger partial charge in [-0.05, 0) is 87.2 Å². The predicted octanol–water partition coefficient (Wildman–Crippen LogP) is 9.71. The van der Waals surface area contributed by atoms with E-state index in [1.165, 1.54) is 18.4 Å². The zero-order valence-corrected chi connectivity index (χ0v) is 30.2. The van der Waals surface area contributed by atoms with Gasteiger partial charge in [0.05, 0.1) is 6.54 Å². The molecule has 4 nitrogen and oxygen atoms in total. The molecule has 4 atom stereocenters. The van der Waals surface area contributed by atoms with Gasteiger partial charge < -0.3 is 15.3 Å². The van der Waals surface area contributed by atoms with E-state index in [1.807, 2.05) is 44.7 Å². The second-order valence-electron chi connectivity index (χ2n) is 12.0. The van der Waals surface area contributed by atoms with E-state index in [-0.39, 0.29) is 23.8 Å². The predicted molar refractivity (Wildman–Crippen MR) is 186 cm³/mol. The minimum absolute atomic E-state index is 0.152. The lowest BCUT2D eigenvalue weighted by atomic mass is 9.70. The topological polar surface area (TPSA) is 52.6 Å². The van der Waals surface area contributed by atoms with E-state index in [0.29, 0.717) is 30.3 Å². The molecule has 0 aliphatic carbocycles. The van der Waals surface area contributed by atoms with Crippen LogP contribution in [0.2, 0.25) is 0 Å². The summed E-state index contributed by atoms with van der Waals surface area (Å²) in [6, 6.07) is 0.341. The number of likely N-dealkylation sites (tertiary alicyclic amines) is 1. The van der Waals surface area contributed by atoms with Crippen LogP contribution in [0.4, 0.5) is 0 Å². The van der Waals surface area contributed by atoms with Crippen LogP contribution < -0.4 is 5.32 Å². The normalized spacial score (nSPS) is 17.7. The first-order valence-corrected chi connectivity index (χ1v) is 17.2. The molecule has 1 heterocycles. The summed E-state index contributed by atoms with van der Waals surface area (Å²) in [7, 11) is 0. The third-order valence-electron chi connectivity index (χ3n) is 8.49. The number of hydrogen-bond acceptors (Lipinski definition) is 3. The molecule has 1 rings (SSSR count). The number of halogens is 1. The number of piperidine rings is 1. The van der Waals surface area contributed by atoms with Crippen molar-refractivity contribution in [3.8, 4) is 0 Å². The number of allylic oxidation sites excluding steroid dienone is 6. The number of aliphatic hydroxyl groups excluding tert-OH is 1. The third kappa shape index (κ3) is 16.9. The number of carbonyl (C=O) groups is 1. The Kier molecular flexibility index (Phi) is 24.9. The summed E-state index contributed by atoms with van der Waals surface area (Å²) in [5.41, 5.74) is 1.07. The van der Waals surface area contributed by atoms with Gasteiger partial charge in [0.25, 0.3) is 0 Å². The molecule has 0 aromatic heterocycles. The maximum Gasteiger partial charge on any atom is 0.236 e. The molecule has 2 N–H and O–H groups in total.